The average Bonchev–Trinajstić information content (AvgIpc) is 2.72. The van der Waals surface area contributed by atoms with E-state index in [0.29, 0.717) is 22.6 Å². The van der Waals surface area contributed by atoms with Crippen LogP contribution in [0.5, 0.6) is 0 Å². The van der Waals surface area contributed by atoms with Crippen molar-refractivity contribution in [3.63, 3.8) is 0 Å². The van der Waals surface area contributed by atoms with Crippen LogP contribution in [0.15, 0.2) is 64.4 Å². The number of thioether (sulfide) groups is 1. The molecular weight excluding hydrogens is 372 g/mol. The summed E-state index contributed by atoms with van der Waals surface area (Å²) >= 11 is 1.31. The maximum Gasteiger partial charge on any atom is 0.341 e. The molecule has 0 aliphatic rings. The van der Waals surface area contributed by atoms with Crippen LogP contribution in [0.2, 0.25) is 0 Å². The van der Waals surface area contributed by atoms with Gasteiger partial charge in [-0.05, 0) is 36.3 Å². The topological polar surface area (TPSA) is 71.6 Å². The second-order valence-corrected chi connectivity index (χ2v) is 7.38. The van der Waals surface area contributed by atoms with Crippen molar-refractivity contribution in [3.8, 4) is 6.07 Å². The number of nitrogens with zero attached hydrogens (tertiary/aromatic N) is 2. The Morgan fingerprint density at radius 1 is 1.18 bits per heavy atom. The smallest absolute Gasteiger partial charge is 0.341 e. The van der Waals surface area contributed by atoms with Crippen molar-refractivity contribution in [2.45, 2.75) is 24.7 Å². The van der Waals surface area contributed by atoms with Crippen molar-refractivity contribution < 1.29 is 9.53 Å². The zero-order chi connectivity index (χ0) is 19.9. The monoisotopic (exact) mass is 392 g/mol. The average molecular weight is 392 g/mol. The van der Waals surface area contributed by atoms with E-state index in [1.165, 1.54) is 21.7 Å². The summed E-state index contributed by atoms with van der Waals surface area (Å²) in [5.74, 6) is 0.120. The molecule has 142 valence electrons. The molecule has 0 amide bonds. The molecule has 0 aliphatic carbocycles. The van der Waals surface area contributed by atoms with E-state index in [1.54, 1.807) is 24.4 Å². The maximum absolute atomic E-state index is 12.9. The van der Waals surface area contributed by atoms with Gasteiger partial charge in [-0.3, -0.25) is 9.20 Å². The Hall–Kier alpha value is -3.04. The minimum Gasteiger partial charge on any atom is -0.462 e. The molecule has 0 saturated heterocycles. The van der Waals surface area contributed by atoms with Gasteiger partial charge >= 0.3 is 5.97 Å². The van der Waals surface area contributed by atoms with E-state index >= 15 is 0 Å². The normalized spacial score (nSPS) is 10.6. The van der Waals surface area contributed by atoms with Gasteiger partial charge in [0.1, 0.15) is 11.6 Å². The Labute approximate surface area is 167 Å². The highest BCUT2D eigenvalue weighted by Gasteiger charge is 2.23. The van der Waals surface area contributed by atoms with Crippen LogP contribution in [0.25, 0.3) is 5.52 Å². The Morgan fingerprint density at radius 2 is 1.93 bits per heavy atom. The first-order chi connectivity index (χ1) is 13.7. The van der Waals surface area contributed by atoms with Crippen LogP contribution in [0, 0.1) is 11.3 Å². The summed E-state index contributed by atoms with van der Waals surface area (Å²) in [6, 6.07) is 17.1. The molecule has 0 radical (unpaired) electrons. The van der Waals surface area contributed by atoms with E-state index in [9.17, 15) is 14.9 Å². The lowest BCUT2D eigenvalue weighted by atomic mass is 10.1. The number of aryl methyl sites for hydroxylation is 1. The van der Waals surface area contributed by atoms with Gasteiger partial charge in [0, 0.05) is 11.1 Å². The van der Waals surface area contributed by atoms with Crippen molar-refractivity contribution in [2.24, 2.45) is 0 Å². The fourth-order valence-electron chi connectivity index (χ4n) is 3.03. The number of fused-ring (bicyclic) bond motifs is 1. The van der Waals surface area contributed by atoms with Crippen LogP contribution in [0.3, 0.4) is 0 Å². The lowest BCUT2D eigenvalue weighted by Gasteiger charge is -2.14. The van der Waals surface area contributed by atoms with Crippen molar-refractivity contribution in [3.05, 3.63) is 81.8 Å². The molecule has 0 fully saturated rings. The molecule has 0 atom stereocenters. The minimum absolute atomic E-state index is 0.0215. The molecule has 0 aliphatic heterocycles. The summed E-state index contributed by atoms with van der Waals surface area (Å²) in [7, 11) is 0. The molecule has 3 rings (SSSR count). The molecule has 0 N–H and O–H groups in total. The summed E-state index contributed by atoms with van der Waals surface area (Å²) in [6.07, 6.45) is 3.07. The van der Waals surface area contributed by atoms with Crippen LogP contribution in [-0.2, 0) is 11.2 Å². The number of carbonyl (C=O) groups is 1. The van der Waals surface area contributed by atoms with Gasteiger partial charge in [0.25, 0.3) is 5.56 Å². The number of hydrogen-bond acceptors (Lipinski definition) is 5. The molecule has 6 heteroatoms. The number of carbonyl (C=O) groups excluding carboxylic acids is 1. The highest BCUT2D eigenvalue weighted by atomic mass is 32.2. The fourth-order valence-corrected chi connectivity index (χ4v) is 3.92. The van der Waals surface area contributed by atoms with Gasteiger partial charge in [0.15, 0.2) is 0 Å². The number of pyridine rings is 2. The molecule has 1 aromatic carbocycles. The number of esters is 1. The number of benzene rings is 1. The zero-order valence-electron chi connectivity index (χ0n) is 15.6. The zero-order valence-corrected chi connectivity index (χ0v) is 16.4. The predicted octanol–water partition coefficient (Wildman–Crippen LogP) is 4.07. The van der Waals surface area contributed by atoms with E-state index in [-0.39, 0.29) is 17.7 Å². The number of ether oxygens (including phenoxy) is 1. The molecule has 0 bridgehead atoms. The molecule has 28 heavy (non-hydrogen) atoms. The molecule has 5 nitrogen and oxygen atoms in total. The van der Waals surface area contributed by atoms with Gasteiger partial charge in [-0.1, -0.05) is 43.3 Å². The van der Waals surface area contributed by atoms with Gasteiger partial charge in [-0.25, -0.2) is 4.79 Å². The molecule has 0 unspecified atom stereocenters. The predicted molar refractivity (Wildman–Crippen MR) is 110 cm³/mol. The largest absolute Gasteiger partial charge is 0.462 e. The van der Waals surface area contributed by atoms with Crippen LogP contribution in [-0.4, -0.2) is 22.7 Å². The molecule has 0 spiro atoms. The van der Waals surface area contributed by atoms with Crippen molar-refractivity contribution in [1.29, 1.82) is 5.26 Å². The summed E-state index contributed by atoms with van der Waals surface area (Å²) in [4.78, 5) is 25.9. The van der Waals surface area contributed by atoms with E-state index in [4.69, 9.17) is 4.74 Å². The first kappa shape index (κ1) is 19.7. The number of hydrogen-bond donors (Lipinski definition) is 0. The Bertz CT molecular complexity index is 1080. The minimum atomic E-state index is -0.510. The molecular formula is C22H20N2O3S. The van der Waals surface area contributed by atoms with Gasteiger partial charge < -0.3 is 4.74 Å². The summed E-state index contributed by atoms with van der Waals surface area (Å²) in [6.45, 7) is 2.18. The highest BCUT2D eigenvalue weighted by molar-refractivity contribution is 7.99. The SMILES string of the molecule is CCSc1c(C#N)c(=O)n2ccccc2c1C(=O)OCCCc1ccccc1. The summed E-state index contributed by atoms with van der Waals surface area (Å²) < 4.78 is 6.84. The van der Waals surface area contributed by atoms with Crippen molar-refractivity contribution in [1.82, 2.24) is 4.40 Å². The van der Waals surface area contributed by atoms with Crippen molar-refractivity contribution >= 4 is 23.2 Å². The van der Waals surface area contributed by atoms with E-state index < -0.39 is 11.5 Å². The Kier molecular flexibility index (Phi) is 6.51. The number of aromatic nitrogens is 1. The van der Waals surface area contributed by atoms with Gasteiger partial charge in [-0.15, -0.1) is 11.8 Å². The number of rotatable bonds is 7. The third-order valence-corrected chi connectivity index (χ3v) is 5.28. The van der Waals surface area contributed by atoms with Gasteiger partial charge in [0.2, 0.25) is 0 Å². The standard InChI is InChI=1S/C22H20N2O3S/c1-2-28-20-17(15-23)21(25)24-13-7-6-12-18(24)19(20)22(26)27-14-8-11-16-9-4-3-5-10-16/h3-7,9-10,12-13H,2,8,11,14H2,1H3. The molecule has 3 aromatic rings. The third kappa shape index (κ3) is 4.10. The summed E-state index contributed by atoms with van der Waals surface area (Å²) in [5.41, 5.74) is 1.48. The van der Waals surface area contributed by atoms with Gasteiger partial charge in [0.05, 0.1) is 17.7 Å². The first-order valence-corrected chi connectivity index (χ1v) is 10.1. The van der Waals surface area contributed by atoms with Crippen LogP contribution in [0.4, 0.5) is 0 Å². The second-order valence-electron chi connectivity index (χ2n) is 6.11. The van der Waals surface area contributed by atoms with Crippen LogP contribution < -0.4 is 5.56 Å². The van der Waals surface area contributed by atoms with Crippen molar-refractivity contribution in [2.75, 3.05) is 12.4 Å². The van der Waals surface area contributed by atoms with Crippen LogP contribution >= 0.6 is 11.8 Å². The Balaban J connectivity index is 1.89. The molecule has 2 heterocycles. The Morgan fingerprint density at radius 3 is 2.64 bits per heavy atom. The lowest BCUT2D eigenvalue weighted by Crippen LogP contribution is -2.22. The quantitative estimate of drug-likeness (QED) is 0.344. The highest BCUT2D eigenvalue weighted by Crippen LogP contribution is 2.28. The molecule has 2 aromatic heterocycles. The fraction of sp³-hybridized carbons (Fsp3) is 0.227. The second kappa shape index (κ2) is 9.25. The number of nitriles is 1. The summed E-state index contributed by atoms with van der Waals surface area (Å²) in [5, 5.41) is 9.50. The first-order valence-electron chi connectivity index (χ1n) is 9.08. The maximum atomic E-state index is 12.9. The van der Waals surface area contributed by atoms with Crippen LogP contribution in [0.1, 0.15) is 34.8 Å². The third-order valence-electron chi connectivity index (χ3n) is 4.29. The van der Waals surface area contributed by atoms with E-state index in [2.05, 4.69) is 0 Å². The van der Waals surface area contributed by atoms with E-state index in [0.717, 1.165) is 6.42 Å². The lowest BCUT2D eigenvalue weighted by molar-refractivity contribution is 0.0498. The van der Waals surface area contributed by atoms with E-state index in [1.807, 2.05) is 43.3 Å². The molecule has 0 saturated carbocycles. The van der Waals surface area contributed by atoms with Gasteiger partial charge in [-0.2, -0.15) is 5.26 Å².